The first-order valence-corrected chi connectivity index (χ1v) is 6.73. The summed E-state index contributed by atoms with van der Waals surface area (Å²) in [5.74, 6) is 0. The van der Waals surface area contributed by atoms with E-state index in [0.29, 0.717) is 0 Å². The Morgan fingerprint density at radius 1 is 1.31 bits per heavy atom. The summed E-state index contributed by atoms with van der Waals surface area (Å²) in [6.07, 6.45) is 4.38. The summed E-state index contributed by atoms with van der Waals surface area (Å²) in [5, 5.41) is 13.7. The van der Waals surface area contributed by atoms with E-state index in [0.717, 1.165) is 23.0 Å². The second-order valence-corrected chi connectivity index (χ2v) is 5.33. The highest BCUT2D eigenvalue weighted by molar-refractivity contribution is 9.10. The van der Waals surface area contributed by atoms with E-state index in [1.165, 1.54) is 19.3 Å². The van der Waals surface area contributed by atoms with E-state index in [4.69, 9.17) is 0 Å². The molecule has 2 rings (SSSR count). The first-order chi connectivity index (χ1) is 7.77. The van der Waals surface area contributed by atoms with E-state index < -0.39 is 6.10 Å². The Labute approximate surface area is 105 Å². The average Bonchev–Trinajstić information content (AvgIpc) is 2.56. The second kappa shape index (κ2) is 5.80. The van der Waals surface area contributed by atoms with Gasteiger partial charge in [-0.25, -0.2) is 0 Å². The molecule has 2 nitrogen and oxygen atoms in total. The molecular formula is C13H18BrNO. The van der Waals surface area contributed by atoms with E-state index in [-0.39, 0.29) is 6.04 Å². The lowest BCUT2D eigenvalue weighted by molar-refractivity contribution is 0.126. The predicted octanol–water partition coefficient (Wildman–Crippen LogP) is 3.01. The van der Waals surface area contributed by atoms with E-state index in [2.05, 4.69) is 21.2 Å². The van der Waals surface area contributed by atoms with Crippen LogP contribution in [0.3, 0.4) is 0 Å². The molecular weight excluding hydrogens is 266 g/mol. The molecule has 0 aromatic heterocycles. The maximum Gasteiger partial charge on any atom is 0.0943 e. The highest BCUT2D eigenvalue weighted by Gasteiger charge is 2.21. The minimum absolute atomic E-state index is 0.205. The summed E-state index contributed by atoms with van der Waals surface area (Å²) in [6.45, 7) is 1.02. The minimum Gasteiger partial charge on any atom is -0.387 e. The van der Waals surface area contributed by atoms with Crippen LogP contribution >= 0.6 is 15.9 Å². The van der Waals surface area contributed by atoms with Crippen molar-refractivity contribution in [2.24, 2.45) is 0 Å². The molecule has 1 aromatic carbocycles. The van der Waals surface area contributed by atoms with Crippen LogP contribution in [0.2, 0.25) is 0 Å². The van der Waals surface area contributed by atoms with Crippen molar-refractivity contribution in [2.45, 2.75) is 37.8 Å². The Hall–Kier alpha value is -0.380. The lowest BCUT2D eigenvalue weighted by atomic mass is 9.99. The normalized spacial score (nSPS) is 23.8. The van der Waals surface area contributed by atoms with Crippen molar-refractivity contribution in [3.05, 3.63) is 34.3 Å². The van der Waals surface area contributed by atoms with Gasteiger partial charge in [0, 0.05) is 10.5 Å². The summed E-state index contributed by atoms with van der Waals surface area (Å²) in [5.41, 5.74) is 0.994. The molecule has 1 saturated heterocycles. The Balaban J connectivity index is 2.07. The third kappa shape index (κ3) is 3.06. The van der Waals surface area contributed by atoms with Gasteiger partial charge in [0.1, 0.15) is 0 Å². The molecule has 1 fully saturated rings. The van der Waals surface area contributed by atoms with Gasteiger partial charge in [-0.05, 0) is 37.1 Å². The summed E-state index contributed by atoms with van der Waals surface area (Å²) in [6, 6.07) is 8.15. The zero-order valence-corrected chi connectivity index (χ0v) is 10.9. The molecule has 0 spiro atoms. The Morgan fingerprint density at radius 2 is 2.19 bits per heavy atom. The van der Waals surface area contributed by atoms with E-state index in [1.54, 1.807) is 0 Å². The van der Waals surface area contributed by atoms with Gasteiger partial charge in [0.25, 0.3) is 0 Å². The monoisotopic (exact) mass is 283 g/mol. The van der Waals surface area contributed by atoms with Crippen LogP contribution in [0.5, 0.6) is 0 Å². The number of aliphatic hydroxyl groups is 1. The van der Waals surface area contributed by atoms with E-state index >= 15 is 0 Å². The molecule has 2 atom stereocenters. The van der Waals surface area contributed by atoms with Gasteiger partial charge in [-0.3, -0.25) is 0 Å². The van der Waals surface area contributed by atoms with Gasteiger partial charge in [0.2, 0.25) is 0 Å². The number of hydrogen-bond acceptors (Lipinski definition) is 2. The third-order valence-electron chi connectivity index (χ3n) is 3.17. The second-order valence-electron chi connectivity index (χ2n) is 4.41. The summed E-state index contributed by atoms with van der Waals surface area (Å²) >= 11 is 3.44. The van der Waals surface area contributed by atoms with Crippen molar-refractivity contribution in [3.63, 3.8) is 0 Å². The van der Waals surface area contributed by atoms with Crippen LogP contribution in [0.15, 0.2) is 28.7 Å². The van der Waals surface area contributed by atoms with Crippen LogP contribution < -0.4 is 5.32 Å². The van der Waals surface area contributed by atoms with Gasteiger partial charge in [-0.15, -0.1) is 0 Å². The maximum atomic E-state index is 10.3. The zero-order valence-electron chi connectivity index (χ0n) is 9.32. The van der Waals surface area contributed by atoms with Gasteiger partial charge < -0.3 is 10.4 Å². The minimum atomic E-state index is -0.393. The molecule has 16 heavy (non-hydrogen) atoms. The largest absolute Gasteiger partial charge is 0.387 e. The van der Waals surface area contributed by atoms with Gasteiger partial charge in [0.15, 0.2) is 0 Å². The van der Waals surface area contributed by atoms with E-state index in [1.807, 2.05) is 24.3 Å². The highest BCUT2D eigenvalue weighted by atomic mass is 79.9. The quantitative estimate of drug-likeness (QED) is 0.875. The van der Waals surface area contributed by atoms with Crippen molar-refractivity contribution >= 4 is 15.9 Å². The average molecular weight is 284 g/mol. The molecule has 88 valence electrons. The molecule has 0 saturated carbocycles. The fourth-order valence-corrected chi connectivity index (χ4v) is 2.66. The molecule has 0 aliphatic carbocycles. The van der Waals surface area contributed by atoms with Crippen LogP contribution in [0, 0.1) is 0 Å². The van der Waals surface area contributed by atoms with Crippen LogP contribution in [-0.2, 0) is 0 Å². The lowest BCUT2D eigenvalue weighted by Crippen LogP contribution is -2.34. The molecule has 1 aliphatic heterocycles. The maximum absolute atomic E-state index is 10.3. The van der Waals surface area contributed by atoms with Crippen molar-refractivity contribution in [3.8, 4) is 0 Å². The number of hydrogen-bond donors (Lipinski definition) is 2. The first kappa shape index (κ1) is 12.1. The van der Waals surface area contributed by atoms with Crippen LogP contribution in [-0.4, -0.2) is 17.7 Å². The number of halogens is 1. The molecule has 2 unspecified atom stereocenters. The number of aliphatic hydroxyl groups excluding tert-OH is 1. The first-order valence-electron chi connectivity index (χ1n) is 5.94. The molecule has 0 bridgehead atoms. The summed E-state index contributed by atoms with van der Waals surface area (Å²) in [4.78, 5) is 0. The van der Waals surface area contributed by atoms with Gasteiger partial charge in [-0.2, -0.15) is 0 Å². The third-order valence-corrected chi connectivity index (χ3v) is 3.66. The van der Waals surface area contributed by atoms with Crippen molar-refractivity contribution < 1.29 is 5.11 Å². The molecule has 0 amide bonds. The Kier molecular flexibility index (Phi) is 4.38. The summed E-state index contributed by atoms with van der Waals surface area (Å²) in [7, 11) is 0. The SMILES string of the molecule is OC(c1cccc(Br)c1)C1CCCCCN1. The Morgan fingerprint density at radius 3 is 3.00 bits per heavy atom. The van der Waals surface area contributed by atoms with Crippen molar-refractivity contribution in [2.75, 3.05) is 6.54 Å². The van der Waals surface area contributed by atoms with Gasteiger partial charge in [-0.1, -0.05) is 40.9 Å². The van der Waals surface area contributed by atoms with Crippen LogP contribution in [0.1, 0.15) is 37.4 Å². The molecule has 1 aliphatic rings. The number of nitrogens with one attached hydrogen (secondary N) is 1. The van der Waals surface area contributed by atoms with Crippen LogP contribution in [0.25, 0.3) is 0 Å². The standard InChI is InChI=1S/C13H18BrNO/c14-11-6-4-5-10(9-11)13(16)12-7-2-1-3-8-15-12/h4-6,9,12-13,15-16H,1-3,7-8H2. The molecule has 1 heterocycles. The zero-order chi connectivity index (χ0) is 11.4. The molecule has 3 heteroatoms. The lowest BCUT2D eigenvalue weighted by Gasteiger charge is -2.22. The number of benzene rings is 1. The topological polar surface area (TPSA) is 32.3 Å². The highest BCUT2D eigenvalue weighted by Crippen LogP contribution is 2.24. The summed E-state index contributed by atoms with van der Waals surface area (Å²) < 4.78 is 1.03. The molecule has 2 N–H and O–H groups in total. The smallest absolute Gasteiger partial charge is 0.0943 e. The van der Waals surface area contributed by atoms with Gasteiger partial charge in [0.05, 0.1) is 6.10 Å². The fraction of sp³-hybridized carbons (Fsp3) is 0.538. The number of rotatable bonds is 2. The van der Waals surface area contributed by atoms with Crippen molar-refractivity contribution in [1.82, 2.24) is 5.32 Å². The predicted molar refractivity (Wildman–Crippen MR) is 69.4 cm³/mol. The van der Waals surface area contributed by atoms with Crippen molar-refractivity contribution in [1.29, 1.82) is 0 Å². The fourth-order valence-electron chi connectivity index (χ4n) is 2.25. The molecule has 1 aromatic rings. The van der Waals surface area contributed by atoms with Crippen LogP contribution in [0.4, 0.5) is 0 Å². The molecule has 0 radical (unpaired) electrons. The Bertz CT molecular complexity index is 334. The van der Waals surface area contributed by atoms with E-state index in [9.17, 15) is 5.11 Å². The van der Waals surface area contributed by atoms with Gasteiger partial charge >= 0.3 is 0 Å².